The molecule has 1 aliphatic rings. The molecule has 3 nitrogen and oxygen atoms in total. The Morgan fingerprint density at radius 2 is 2.22 bits per heavy atom. The van der Waals surface area contributed by atoms with Crippen LogP contribution in [0.15, 0.2) is 18.2 Å². The lowest BCUT2D eigenvalue weighted by Gasteiger charge is -2.32. The first-order valence-corrected chi connectivity index (χ1v) is 6.45. The van der Waals surface area contributed by atoms with Gasteiger partial charge in [-0.2, -0.15) is 0 Å². The summed E-state index contributed by atoms with van der Waals surface area (Å²) in [5, 5.41) is 0. The maximum Gasteiger partial charge on any atom is 0.310 e. The number of hydrogen-bond donors (Lipinski definition) is 0. The molecule has 98 valence electrons. The lowest BCUT2D eigenvalue weighted by Crippen LogP contribution is -2.26. The number of esters is 1. The van der Waals surface area contributed by atoms with Crippen molar-refractivity contribution in [2.45, 2.75) is 39.0 Å². The van der Waals surface area contributed by atoms with E-state index in [9.17, 15) is 4.79 Å². The van der Waals surface area contributed by atoms with Crippen LogP contribution in [0.25, 0.3) is 0 Å². The number of hydrogen-bond acceptors (Lipinski definition) is 3. The smallest absolute Gasteiger partial charge is 0.310 e. The Kier molecular flexibility index (Phi) is 3.60. The van der Waals surface area contributed by atoms with Crippen molar-refractivity contribution >= 4 is 5.97 Å². The van der Waals surface area contributed by atoms with Crippen LogP contribution in [-0.2, 0) is 21.4 Å². The Morgan fingerprint density at radius 1 is 1.44 bits per heavy atom. The molecular formula is C15H20O3. The van der Waals surface area contributed by atoms with Gasteiger partial charge in [0, 0.05) is 0 Å². The number of carbonyl (C=O) groups is 1. The first kappa shape index (κ1) is 12.9. The van der Waals surface area contributed by atoms with E-state index in [4.69, 9.17) is 9.47 Å². The fourth-order valence-corrected chi connectivity index (χ4v) is 2.28. The molecular weight excluding hydrogens is 228 g/mol. The van der Waals surface area contributed by atoms with Crippen LogP contribution in [0.3, 0.4) is 0 Å². The van der Waals surface area contributed by atoms with Crippen molar-refractivity contribution in [1.82, 2.24) is 0 Å². The molecule has 0 N–H and O–H groups in total. The summed E-state index contributed by atoms with van der Waals surface area (Å²) in [6.07, 6.45) is 1.34. The van der Waals surface area contributed by atoms with Crippen LogP contribution >= 0.6 is 0 Å². The van der Waals surface area contributed by atoms with Crippen molar-refractivity contribution in [3.8, 4) is 5.75 Å². The van der Waals surface area contributed by atoms with Crippen LogP contribution in [0.5, 0.6) is 5.75 Å². The van der Waals surface area contributed by atoms with Gasteiger partial charge in [0.2, 0.25) is 0 Å². The Labute approximate surface area is 108 Å². The van der Waals surface area contributed by atoms with Crippen LogP contribution in [0.1, 0.15) is 38.3 Å². The van der Waals surface area contributed by atoms with Crippen LogP contribution in [0.4, 0.5) is 0 Å². The minimum absolute atomic E-state index is 0.149. The van der Waals surface area contributed by atoms with Crippen LogP contribution in [0, 0.1) is 0 Å². The summed E-state index contributed by atoms with van der Waals surface area (Å²) in [6.45, 7) is 7.42. The summed E-state index contributed by atoms with van der Waals surface area (Å²) < 4.78 is 10.6. The molecule has 0 saturated heterocycles. The highest BCUT2D eigenvalue weighted by Gasteiger charge is 2.28. The van der Waals surface area contributed by atoms with E-state index in [0.717, 1.165) is 24.3 Å². The average Bonchev–Trinajstić information content (AvgIpc) is 2.28. The SMILES string of the molecule is CCOC(=O)Cc1ccc2c(c1)OCCC2(C)C. The molecule has 0 aliphatic carbocycles. The molecule has 3 heteroatoms. The summed E-state index contributed by atoms with van der Waals surface area (Å²) in [6, 6.07) is 6.03. The second kappa shape index (κ2) is 5.01. The molecule has 0 fully saturated rings. The summed E-state index contributed by atoms with van der Waals surface area (Å²) in [7, 11) is 0. The van der Waals surface area contributed by atoms with Crippen molar-refractivity contribution < 1.29 is 14.3 Å². The third-order valence-corrected chi connectivity index (χ3v) is 3.41. The zero-order valence-electron chi connectivity index (χ0n) is 11.3. The van der Waals surface area contributed by atoms with Gasteiger partial charge in [-0.05, 0) is 36.0 Å². The summed E-state index contributed by atoms with van der Waals surface area (Å²) >= 11 is 0. The maximum absolute atomic E-state index is 11.4. The molecule has 1 aromatic carbocycles. The zero-order valence-corrected chi connectivity index (χ0v) is 11.3. The van der Waals surface area contributed by atoms with Crippen molar-refractivity contribution in [1.29, 1.82) is 0 Å². The topological polar surface area (TPSA) is 35.5 Å². The van der Waals surface area contributed by atoms with E-state index in [1.807, 2.05) is 19.1 Å². The van der Waals surface area contributed by atoms with Crippen LogP contribution in [0.2, 0.25) is 0 Å². The van der Waals surface area contributed by atoms with E-state index < -0.39 is 0 Å². The van der Waals surface area contributed by atoms with Gasteiger partial charge in [-0.15, -0.1) is 0 Å². The van der Waals surface area contributed by atoms with Gasteiger partial charge in [0.05, 0.1) is 19.6 Å². The standard InChI is InChI=1S/C15H20O3/c1-4-17-14(16)10-11-5-6-12-13(9-11)18-8-7-15(12,2)3/h5-6,9H,4,7-8,10H2,1-3H3. The molecule has 0 bridgehead atoms. The minimum atomic E-state index is -0.187. The molecule has 1 aromatic rings. The lowest BCUT2D eigenvalue weighted by atomic mass is 9.79. The summed E-state index contributed by atoms with van der Waals surface area (Å²) in [5.74, 6) is 0.723. The van der Waals surface area contributed by atoms with Gasteiger partial charge in [-0.3, -0.25) is 4.79 Å². The quantitative estimate of drug-likeness (QED) is 0.772. The number of fused-ring (bicyclic) bond motifs is 1. The first-order chi connectivity index (χ1) is 8.53. The predicted octanol–water partition coefficient (Wildman–Crippen LogP) is 2.85. The average molecular weight is 248 g/mol. The molecule has 2 rings (SSSR count). The maximum atomic E-state index is 11.4. The van der Waals surface area contributed by atoms with Gasteiger partial charge in [0.25, 0.3) is 0 Å². The third kappa shape index (κ3) is 2.66. The molecule has 0 aromatic heterocycles. The zero-order chi connectivity index (χ0) is 13.2. The van der Waals surface area contributed by atoms with E-state index >= 15 is 0 Å². The monoisotopic (exact) mass is 248 g/mol. The molecule has 0 saturated carbocycles. The van der Waals surface area contributed by atoms with Gasteiger partial charge < -0.3 is 9.47 Å². The van der Waals surface area contributed by atoms with E-state index in [0.29, 0.717) is 13.0 Å². The Balaban J connectivity index is 2.20. The third-order valence-electron chi connectivity index (χ3n) is 3.41. The number of benzene rings is 1. The van der Waals surface area contributed by atoms with E-state index in [1.54, 1.807) is 0 Å². The first-order valence-electron chi connectivity index (χ1n) is 6.45. The summed E-state index contributed by atoms with van der Waals surface area (Å²) in [4.78, 5) is 11.4. The number of rotatable bonds is 3. The molecule has 1 heterocycles. The normalized spacial score (nSPS) is 16.6. The van der Waals surface area contributed by atoms with Gasteiger partial charge in [0.1, 0.15) is 5.75 Å². The minimum Gasteiger partial charge on any atom is -0.493 e. The highest BCUT2D eigenvalue weighted by molar-refractivity contribution is 5.72. The summed E-state index contributed by atoms with van der Waals surface area (Å²) in [5.41, 5.74) is 2.32. The highest BCUT2D eigenvalue weighted by atomic mass is 16.5. The molecule has 0 amide bonds. The second-order valence-corrected chi connectivity index (χ2v) is 5.29. The molecule has 0 radical (unpaired) electrons. The van der Waals surface area contributed by atoms with Crippen molar-refractivity contribution in [2.75, 3.05) is 13.2 Å². The number of carbonyl (C=O) groups excluding carboxylic acids is 1. The molecule has 0 unspecified atom stereocenters. The highest BCUT2D eigenvalue weighted by Crippen LogP contribution is 2.38. The predicted molar refractivity (Wildman–Crippen MR) is 69.9 cm³/mol. The van der Waals surface area contributed by atoms with Crippen LogP contribution < -0.4 is 4.74 Å². The lowest BCUT2D eigenvalue weighted by molar-refractivity contribution is -0.142. The van der Waals surface area contributed by atoms with Crippen molar-refractivity contribution in [3.63, 3.8) is 0 Å². The number of ether oxygens (including phenoxy) is 2. The van der Waals surface area contributed by atoms with E-state index in [1.165, 1.54) is 5.56 Å². The van der Waals surface area contributed by atoms with Gasteiger partial charge in [0.15, 0.2) is 0 Å². The Bertz CT molecular complexity index is 449. The Morgan fingerprint density at radius 3 is 2.94 bits per heavy atom. The van der Waals surface area contributed by atoms with E-state index in [2.05, 4.69) is 19.9 Å². The van der Waals surface area contributed by atoms with Gasteiger partial charge in [-0.1, -0.05) is 26.0 Å². The molecule has 0 atom stereocenters. The Hall–Kier alpha value is -1.51. The van der Waals surface area contributed by atoms with E-state index in [-0.39, 0.29) is 11.4 Å². The fourth-order valence-electron chi connectivity index (χ4n) is 2.28. The molecule has 1 aliphatic heterocycles. The largest absolute Gasteiger partial charge is 0.493 e. The van der Waals surface area contributed by atoms with Gasteiger partial charge in [-0.25, -0.2) is 0 Å². The fraction of sp³-hybridized carbons (Fsp3) is 0.533. The van der Waals surface area contributed by atoms with Crippen LogP contribution in [-0.4, -0.2) is 19.2 Å². The molecule has 18 heavy (non-hydrogen) atoms. The van der Waals surface area contributed by atoms with Gasteiger partial charge >= 0.3 is 5.97 Å². The second-order valence-electron chi connectivity index (χ2n) is 5.29. The van der Waals surface area contributed by atoms with Crippen molar-refractivity contribution in [3.05, 3.63) is 29.3 Å². The molecule has 0 spiro atoms. The van der Waals surface area contributed by atoms with Crippen molar-refractivity contribution in [2.24, 2.45) is 0 Å².